The van der Waals surface area contributed by atoms with Gasteiger partial charge < -0.3 is 20.3 Å². The number of methoxy groups -OCH3 is 2. The van der Waals surface area contributed by atoms with Crippen LogP contribution in [0.3, 0.4) is 0 Å². The van der Waals surface area contributed by atoms with Gasteiger partial charge in [-0.25, -0.2) is 4.39 Å². The fraction of sp³-hybridized carbons (Fsp3) is 0.364. The van der Waals surface area contributed by atoms with E-state index in [1.807, 2.05) is 0 Å². The summed E-state index contributed by atoms with van der Waals surface area (Å²) in [7, 11) is 2.75. The second-order valence-electron chi connectivity index (χ2n) is 3.40. The second-order valence-corrected chi connectivity index (χ2v) is 3.40. The van der Waals surface area contributed by atoms with Gasteiger partial charge in [-0.3, -0.25) is 4.79 Å². The van der Waals surface area contributed by atoms with Crippen LogP contribution in [0.1, 0.15) is 18.0 Å². The number of halogens is 1. The minimum atomic E-state index is -1.11. The molecule has 94 valence electrons. The van der Waals surface area contributed by atoms with Crippen molar-refractivity contribution >= 4 is 5.97 Å². The molecule has 0 aliphatic heterocycles. The maximum Gasteiger partial charge on any atom is 0.305 e. The monoisotopic (exact) mass is 243 g/mol. The summed E-state index contributed by atoms with van der Waals surface area (Å²) in [4.78, 5) is 10.6. The highest BCUT2D eigenvalue weighted by atomic mass is 19.1. The Hall–Kier alpha value is -1.82. The van der Waals surface area contributed by atoms with Gasteiger partial charge in [-0.2, -0.15) is 0 Å². The van der Waals surface area contributed by atoms with Gasteiger partial charge in [0.05, 0.1) is 26.2 Å². The number of hydrogen-bond donors (Lipinski definition) is 2. The van der Waals surface area contributed by atoms with Gasteiger partial charge in [0.25, 0.3) is 0 Å². The number of carboxylic acid groups (broad SMARTS) is 1. The Morgan fingerprint density at radius 1 is 1.47 bits per heavy atom. The Kier molecular flexibility index (Phi) is 4.28. The Bertz CT molecular complexity index is 422. The van der Waals surface area contributed by atoms with Crippen LogP contribution in [0.25, 0.3) is 0 Å². The van der Waals surface area contributed by atoms with Crippen LogP contribution in [0.2, 0.25) is 0 Å². The van der Waals surface area contributed by atoms with Crippen molar-refractivity contribution in [3.05, 3.63) is 23.5 Å². The quantitative estimate of drug-likeness (QED) is 0.815. The number of carboxylic acids is 1. The lowest BCUT2D eigenvalue weighted by atomic mass is 10.0. The van der Waals surface area contributed by atoms with E-state index in [2.05, 4.69) is 0 Å². The molecular weight excluding hydrogens is 229 g/mol. The van der Waals surface area contributed by atoms with E-state index >= 15 is 0 Å². The molecule has 0 amide bonds. The van der Waals surface area contributed by atoms with Crippen molar-refractivity contribution in [3.8, 4) is 11.5 Å². The Balaban J connectivity index is 3.24. The fourth-order valence-electron chi connectivity index (χ4n) is 1.56. The Morgan fingerprint density at radius 2 is 2.12 bits per heavy atom. The molecule has 1 atom stereocenters. The summed E-state index contributed by atoms with van der Waals surface area (Å²) < 4.78 is 23.7. The molecule has 1 rings (SSSR count). The molecular formula is C11H14FNO4. The van der Waals surface area contributed by atoms with Gasteiger partial charge in [0.2, 0.25) is 0 Å². The van der Waals surface area contributed by atoms with Crippen molar-refractivity contribution in [3.63, 3.8) is 0 Å². The number of hydrogen-bond acceptors (Lipinski definition) is 4. The van der Waals surface area contributed by atoms with Gasteiger partial charge >= 0.3 is 5.97 Å². The minimum Gasteiger partial charge on any atom is -0.493 e. The highest BCUT2D eigenvalue weighted by molar-refractivity contribution is 5.68. The third-order valence-electron chi connectivity index (χ3n) is 2.30. The molecule has 0 saturated heterocycles. The molecule has 5 nitrogen and oxygen atoms in total. The summed E-state index contributed by atoms with van der Waals surface area (Å²) in [5, 5.41) is 8.65. The molecule has 3 N–H and O–H groups in total. The summed E-state index contributed by atoms with van der Waals surface area (Å²) in [6, 6.07) is 1.57. The van der Waals surface area contributed by atoms with Crippen LogP contribution >= 0.6 is 0 Å². The first-order valence-corrected chi connectivity index (χ1v) is 4.89. The lowest BCUT2D eigenvalue weighted by molar-refractivity contribution is -0.137. The highest BCUT2D eigenvalue weighted by Crippen LogP contribution is 2.36. The van der Waals surface area contributed by atoms with E-state index in [0.29, 0.717) is 5.75 Å². The first-order valence-electron chi connectivity index (χ1n) is 4.89. The van der Waals surface area contributed by atoms with Gasteiger partial charge in [0.15, 0.2) is 11.5 Å². The largest absolute Gasteiger partial charge is 0.493 e. The molecule has 1 unspecified atom stereocenters. The van der Waals surface area contributed by atoms with E-state index in [-0.39, 0.29) is 17.7 Å². The maximum atomic E-state index is 13.6. The molecule has 0 bridgehead atoms. The van der Waals surface area contributed by atoms with Crippen LogP contribution in [0.5, 0.6) is 11.5 Å². The molecule has 0 spiro atoms. The number of nitrogens with two attached hydrogens (primary N) is 1. The predicted octanol–water partition coefficient (Wildman–Crippen LogP) is 1.32. The van der Waals surface area contributed by atoms with Crippen molar-refractivity contribution in [2.75, 3.05) is 14.2 Å². The normalized spacial score (nSPS) is 12.0. The third-order valence-corrected chi connectivity index (χ3v) is 2.30. The van der Waals surface area contributed by atoms with Gasteiger partial charge in [-0.1, -0.05) is 0 Å². The maximum absolute atomic E-state index is 13.6. The predicted molar refractivity (Wildman–Crippen MR) is 58.7 cm³/mol. The smallest absolute Gasteiger partial charge is 0.305 e. The van der Waals surface area contributed by atoms with E-state index in [9.17, 15) is 9.18 Å². The van der Waals surface area contributed by atoms with E-state index in [1.165, 1.54) is 26.4 Å². The van der Waals surface area contributed by atoms with E-state index in [4.69, 9.17) is 20.3 Å². The Labute approximate surface area is 97.9 Å². The molecule has 1 aromatic rings. The summed E-state index contributed by atoms with van der Waals surface area (Å²) in [5.41, 5.74) is 5.65. The second kappa shape index (κ2) is 5.49. The van der Waals surface area contributed by atoms with E-state index < -0.39 is 17.8 Å². The fourth-order valence-corrected chi connectivity index (χ4v) is 1.56. The van der Waals surface area contributed by atoms with Crippen molar-refractivity contribution in [1.29, 1.82) is 0 Å². The van der Waals surface area contributed by atoms with Gasteiger partial charge in [0.1, 0.15) is 5.82 Å². The highest BCUT2D eigenvalue weighted by Gasteiger charge is 2.22. The number of benzene rings is 1. The average molecular weight is 243 g/mol. The average Bonchev–Trinajstić information content (AvgIpc) is 2.27. The van der Waals surface area contributed by atoms with Crippen LogP contribution in [0, 0.1) is 5.82 Å². The van der Waals surface area contributed by atoms with Gasteiger partial charge in [-0.05, 0) is 12.1 Å². The first kappa shape index (κ1) is 13.2. The zero-order chi connectivity index (χ0) is 13.0. The van der Waals surface area contributed by atoms with Crippen molar-refractivity contribution in [2.45, 2.75) is 12.5 Å². The zero-order valence-electron chi connectivity index (χ0n) is 9.57. The van der Waals surface area contributed by atoms with Crippen LogP contribution < -0.4 is 15.2 Å². The standard InChI is InChI=1S/C11H14FNO4/c1-16-8-4-3-6(12)10(11(8)17-2)7(13)5-9(14)15/h3-4,7H,5,13H2,1-2H3,(H,14,15). The molecule has 17 heavy (non-hydrogen) atoms. The van der Waals surface area contributed by atoms with Crippen LogP contribution in [0.4, 0.5) is 4.39 Å². The molecule has 1 aromatic carbocycles. The summed E-state index contributed by atoms with van der Waals surface area (Å²) in [6.07, 6.45) is -0.388. The molecule has 0 aliphatic carbocycles. The SMILES string of the molecule is COc1ccc(F)c(C(N)CC(=O)O)c1OC. The molecule has 0 fully saturated rings. The lowest BCUT2D eigenvalue weighted by Gasteiger charge is -2.17. The molecule has 0 heterocycles. The molecule has 0 aromatic heterocycles. The summed E-state index contributed by atoms with van der Waals surface area (Å²) in [5.74, 6) is -1.29. The number of carbonyl (C=O) groups is 1. The van der Waals surface area contributed by atoms with Gasteiger partial charge in [-0.15, -0.1) is 0 Å². The molecule has 6 heteroatoms. The first-order chi connectivity index (χ1) is 8.01. The zero-order valence-corrected chi connectivity index (χ0v) is 9.57. The summed E-state index contributed by atoms with van der Waals surface area (Å²) >= 11 is 0. The third kappa shape index (κ3) is 2.85. The lowest BCUT2D eigenvalue weighted by Crippen LogP contribution is -2.17. The number of aliphatic carboxylic acids is 1. The van der Waals surface area contributed by atoms with Crippen molar-refractivity contribution in [2.24, 2.45) is 5.73 Å². The Morgan fingerprint density at radius 3 is 2.59 bits per heavy atom. The summed E-state index contributed by atoms with van der Waals surface area (Å²) in [6.45, 7) is 0. The van der Waals surface area contributed by atoms with Crippen molar-refractivity contribution in [1.82, 2.24) is 0 Å². The van der Waals surface area contributed by atoms with E-state index in [0.717, 1.165) is 0 Å². The van der Waals surface area contributed by atoms with E-state index in [1.54, 1.807) is 0 Å². The molecule has 0 aliphatic rings. The van der Waals surface area contributed by atoms with Crippen LogP contribution in [0.15, 0.2) is 12.1 Å². The minimum absolute atomic E-state index is 0.00856. The van der Waals surface area contributed by atoms with Gasteiger partial charge in [0, 0.05) is 6.04 Å². The number of rotatable bonds is 5. The van der Waals surface area contributed by atoms with Crippen molar-refractivity contribution < 1.29 is 23.8 Å². The van der Waals surface area contributed by atoms with Crippen LogP contribution in [-0.4, -0.2) is 25.3 Å². The van der Waals surface area contributed by atoms with Crippen LogP contribution in [-0.2, 0) is 4.79 Å². The molecule has 0 radical (unpaired) electrons. The topological polar surface area (TPSA) is 81.8 Å². The number of ether oxygens (including phenoxy) is 2. The molecule has 0 saturated carbocycles.